The van der Waals surface area contributed by atoms with Gasteiger partial charge in [0.15, 0.2) is 0 Å². The topological polar surface area (TPSA) is 3.24 Å². The van der Waals surface area contributed by atoms with Gasteiger partial charge in [0.05, 0.1) is 0 Å². The maximum atomic E-state index is 5.69. The summed E-state index contributed by atoms with van der Waals surface area (Å²) in [4.78, 5) is 2.11. The Balaban J connectivity index is 2.85. The molecular weight excluding hydrogens is 213 g/mol. The summed E-state index contributed by atoms with van der Waals surface area (Å²) in [5, 5.41) is 0. The minimum atomic E-state index is 0.807. The minimum Gasteiger partial charge on any atom is -0.305 e. The van der Waals surface area contributed by atoms with Crippen molar-refractivity contribution in [2.45, 2.75) is 6.54 Å². The van der Waals surface area contributed by atoms with Crippen LogP contribution in [-0.2, 0) is 6.54 Å². The maximum absolute atomic E-state index is 5.69. The fourth-order valence-electron chi connectivity index (χ4n) is 1.13. The zero-order chi connectivity index (χ0) is 9.14. The molecule has 0 saturated heterocycles. The summed E-state index contributed by atoms with van der Waals surface area (Å²) in [6, 6.07) is 5.97. The Morgan fingerprint density at radius 3 is 2.50 bits per heavy atom. The Morgan fingerprint density at radius 2 is 2.00 bits per heavy atom. The smallest absolute Gasteiger partial charge is 0.113 e. The van der Waals surface area contributed by atoms with Gasteiger partial charge in [0, 0.05) is 11.0 Å². The second-order valence-electron chi connectivity index (χ2n) is 3.13. The number of hydrogen-bond donors (Lipinski definition) is 0. The van der Waals surface area contributed by atoms with Crippen LogP contribution in [-0.4, -0.2) is 26.8 Å². The van der Waals surface area contributed by atoms with Gasteiger partial charge in [-0.15, -0.1) is 0 Å². The lowest BCUT2D eigenvalue weighted by Crippen LogP contribution is -2.13. The highest BCUT2D eigenvalue weighted by atomic mass is 79.9. The van der Waals surface area contributed by atoms with Crippen LogP contribution in [0, 0.1) is 0 Å². The lowest BCUT2D eigenvalue weighted by atomic mass is 9.94. The van der Waals surface area contributed by atoms with Crippen molar-refractivity contribution in [3.63, 3.8) is 0 Å². The third kappa shape index (κ3) is 2.99. The van der Waals surface area contributed by atoms with Gasteiger partial charge in [-0.05, 0) is 25.7 Å². The number of benzene rings is 1. The summed E-state index contributed by atoms with van der Waals surface area (Å²) in [5.41, 5.74) is 2.04. The number of nitrogens with zero attached hydrogens (tertiary/aromatic N) is 1. The van der Waals surface area contributed by atoms with Crippen LogP contribution < -0.4 is 5.46 Å². The molecule has 0 aliphatic heterocycles. The van der Waals surface area contributed by atoms with Crippen LogP contribution in [0.15, 0.2) is 22.7 Å². The molecule has 1 aromatic carbocycles. The first-order chi connectivity index (χ1) is 5.58. The lowest BCUT2D eigenvalue weighted by molar-refractivity contribution is 0.402. The summed E-state index contributed by atoms with van der Waals surface area (Å²) >= 11 is 3.40. The second-order valence-corrected chi connectivity index (χ2v) is 4.05. The monoisotopic (exact) mass is 223 g/mol. The predicted molar refractivity (Wildman–Crippen MR) is 56.9 cm³/mol. The first kappa shape index (κ1) is 9.81. The second kappa shape index (κ2) is 4.10. The molecular formula is C9H11BBrN. The molecule has 1 aromatic rings. The largest absolute Gasteiger partial charge is 0.305 e. The van der Waals surface area contributed by atoms with Gasteiger partial charge in [-0.2, -0.15) is 0 Å². The van der Waals surface area contributed by atoms with Gasteiger partial charge in [0.1, 0.15) is 7.85 Å². The van der Waals surface area contributed by atoms with E-state index in [0.717, 1.165) is 16.5 Å². The molecule has 62 valence electrons. The fourth-order valence-corrected chi connectivity index (χ4v) is 1.69. The molecule has 0 heterocycles. The van der Waals surface area contributed by atoms with Gasteiger partial charge in [0.25, 0.3) is 0 Å². The quantitative estimate of drug-likeness (QED) is 0.684. The molecule has 0 aliphatic carbocycles. The van der Waals surface area contributed by atoms with E-state index in [2.05, 4.69) is 26.9 Å². The van der Waals surface area contributed by atoms with Crippen molar-refractivity contribution in [2.75, 3.05) is 14.1 Å². The van der Waals surface area contributed by atoms with Gasteiger partial charge in [-0.1, -0.05) is 33.5 Å². The van der Waals surface area contributed by atoms with Crippen molar-refractivity contribution in [2.24, 2.45) is 0 Å². The fraction of sp³-hybridized carbons (Fsp3) is 0.333. The Morgan fingerprint density at radius 1 is 1.33 bits per heavy atom. The predicted octanol–water partition coefficient (Wildman–Crippen LogP) is 1.30. The number of halogens is 1. The maximum Gasteiger partial charge on any atom is 0.113 e. The highest BCUT2D eigenvalue weighted by Crippen LogP contribution is 2.10. The van der Waals surface area contributed by atoms with Gasteiger partial charge in [0.2, 0.25) is 0 Å². The third-order valence-electron chi connectivity index (χ3n) is 1.48. The minimum absolute atomic E-state index is 0.807. The summed E-state index contributed by atoms with van der Waals surface area (Å²) in [6.07, 6.45) is 0. The van der Waals surface area contributed by atoms with E-state index in [9.17, 15) is 0 Å². The van der Waals surface area contributed by atoms with E-state index < -0.39 is 0 Å². The molecule has 0 aromatic heterocycles. The Kier molecular flexibility index (Phi) is 3.35. The highest BCUT2D eigenvalue weighted by molar-refractivity contribution is 9.10. The van der Waals surface area contributed by atoms with E-state index in [-0.39, 0.29) is 0 Å². The molecule has 0 N–H and O–H groups in total. The van der Waals surface area contributed by atoms with Crippen molar-refractivity contribution in [3.8, 4) is 0 Å². The molecule has 0 unspecified atom stereocenters. The summed E-state index contributed by atoms with van der Waals surface area (Å²) < 4.78 is 1.04. The molecule has 0 amide bonds. The normalized spacial score (nSPS) is 10.7. The average Bonchev–Trinajstić information content (AvgIpc) is 1.81. The molecule has 12 heavy (non-hydrogen) atoms. The third-order valence-corrected chi connectivity index (χ3v) is 1.94. The molecule has 0 saturated carbocycles. The zero-order valence-electron chi connectivity index (χ0n) is 7.34. The Bertz CT molecular complexity index is 253. The van der Waals surface area contributed by atoms with Gasteiger partial charge in [-0.25, -0.2) is 0 Å². The average molecular weight is 224 g/mol. The van der Waals surface area contributed by atoms with Crippen LogP contribution in [0.4, 0.5) is 0 Å². The molecule has 1 rings (SSSR count). The summed E-state index contributed by atoms with van der Waals surface area (Å²) in [7, 11) is 9.76. The van der Waals surface area contributed by atoms with E-state index in [1.54, 1.807) is 0 Å². The van der Waals surface area contributed by atoms with E-state index >= 15 is 0 Å². The molecule has 3 heteroatoms. The molecule has 0 aliphatic rings. The Labute approximate surface area is 83.3 Å². The van der Waals surface area contributed by atoms with Crippen molar-refractivity contribution < 1.29 is 0 Å². The molecule has 0 fully saturated rings. The van der Waals surface area contributed by atoms with Gasteiger partial charge >= 0.3 is 0 Å². The van der Waals surface area contributed by atoms with E-state index in [1.165, 1.54) is 5.56 Å². The first-order valence-electron chi connectivity index (χ1n) is 3.77. The van der Waals surface area contributed by atoms with Crippen LogP contribution in [0.25, 0.3) is 0 Å². The molecule has 0 atom stereocenters. The van der Waals surface area contributed by atoms with Crippen LogP contribution in [0.1, 0.15) is 5.56 Å². The summed E-state index contributed by atoms with van der Waals surface area (Å²) in [6.45, 7) is 0.920. The molecule has 1 nitrogen and oxygen atoms in total. The van der Waals surface area contributed by atoms with E-state index in [1.807, 2.05) is 26.2 Å². The van der Waals surface area contributed by atoms with Crippen molar-refractivity contribution in [3.05, 3.63) is 28.2 Å². The zero-order valence-corrected chi connectivity index (χ0v) is 8.93. The van der Waals surface area contributed by atoms with E-state index in [4.69, 9.17) is 7.85 Å². The van der Waals surface area contributed by atoms with Crippen molar-refractivity contribution in [1.29, 1.82) is 0 Å². The van der Waals surface area contributed by atoms with Gasteiger partial charge < -0.3 is 4.90 Å². The molecule has 0 spiro atoms. The lowest BCUT2D eigenvalue weighted by Gasteiger charge is -2.10. The van der Waals surface area contributed by atoms with Crippen LogP contribution >= 0.6 is 15.9 Å². The van der Waals surface area contributed by atoms with E-state index in [0.29, 0.717) is 0 Å². The van der Waals surface area contributed by atoms with Crippen LogP contribution in [0.2, 0.25) is 0 Å². The van der Waals surface area contributed by atoms with Crippen LogP contribution in [0.3, 0.4) is 0 Å². The van der Waals surface area contributed by atoms with Crippen LogP contribution in [0.5, 0.6) is 0 Å². The number of rotatable bonds is 2. The van der Waals surface area contributed by atoms with Crippen molar-refractivity contribution >= 4 is 29.2 Å². The standard InChI is InChI=1S/C9H11BBrN/c1-12(2)6-7-3-8(10)5-9(11)4-7/h3-5H,6H2,1-2H3. The molecule has 2 radical (unpaired) electrons. The SMILES string of the molecule is [B]c1cc(Br)cc(CN(C)C)c1. The Hall–Kier alpha value is -0.275. The van der Waals surface area contributed by atoms with Gasteiger partial charge in [-0.3, -0.25) is 0 Å². The first-order valence-corrected chi connectivity index (χ1v) is 4.57. The summed E-state index contributed by atoms with van der Waals surface area (Å²) in [5.74, 6) is 0. The van der Waals surface area contributed by atoms with Crippen molar-refractivity contribution in [1.82, 2.24) is 4.90 Å². The number of hydrogen-bond acceptors (Lipinski definition) is 1. The highest BCUT2D eigenvalue weighted by Gasteiger charge is 1.97. The molecule has 0 bridgehead atoms.